The average molecular weight is 368 g/mol. The summed E-state index contributed by atoms with van der Waals surface area (Å²) in [6, 6.07) is 11.0. The normalized spacial score (nSPS) is 16.3. The molecule has 0 aromatic heterocycles. The fourth-order valence-electron chi connectivity index (χ4n) is 2.90. The number of carbonyl (C=O) groups is 3. The molecule has 0 spiro atoms. The number of rotatable bonds is 5. The molecule has 3 rings (SSSR count). The topological polar surface area (TPSA) is 95.9 Å². The van der Waals surface area contributed by atoms with Gasteiger partial charge in [-0.25, -0.2) is 4.79 Å². The Morgan fingerprint density at radius 3 is 2.56 bits per heavy atom. The van der Waals surface area contributed by atoms with Crippen molar-refractivity contribution < 1.29 is 24.2 Å². The van der Waals surface area contributed by atoms with Crippen molar-refractivity contribution in [1.82, 2.24) is 4.90 Å². The van der Waals surface area contributed by atoms with Crippen molar-refractivity contribution in [2.24, 2.45) is 0 Å². The Kier molecular flexibility index (Phi) is 5.12. The van der Waals surface area contributed by atoms with E-state index in [0.29, 0.717) is 24.4 Å². The monoisotopic (exact) mass is 368 g/mol. The lowest BCUT2D eigenvalue weighted by Crippen LogP contribution is -2.29. The smallest absolute Gasteiger partial charge is 0.335 e. The van der Waals surface area contributed by atoms with E-state index < -0.39 is 18.0 Å². The van der Waals surface area contributed by atoms with Crippen LogP contribution in [0.1, 0.15) is 32.7 Å². The summed E-state index contributed by atoms with van der Waals surface area (Å²) in [5.41, 5.74) is 1.67. The van der Waals surface area contributed by atoms with Gasteiger partial charge in [0, 0.05) is 31.3 Å². The Morgan fingerprint density at radius 2 is 1.93 bits per heavy atom. The number of carboxylic acids is 1. The van der Waals surface area contributed by atoms with E-state index in [1.54, 1.807) is 36.2 Å². The Hall–Kier alpha value is -3.35. The number of hydrogen-bond acceptors (Lipinski definition) is 4. The summed E-state index contributed by atoms with van der Waals surface area (Å²) >= 11 is 0. The van der Waals surface area contributed by atoms with Crippen molar-refractivity contribution in [2.45, 2.75) is 19.4 Å². The van der Waals surface area contributed by atoms with E-state index in [9.17, 15) is 14.4 Å². The maximum Gasteiger partial charge on any atom is 0.335 e. The van der Waals surface area contributed by atoms with Gasteiger partial charge in [0.05, 0.1) is 5.56 Å². The molecule has 0 bridgehead atoms. The highest BCUT2D eigenvalue weighted by atomic mass is 16.5. The first-order valence-electron chi connectivity index (χ1n) is 8.52. The molecule has 2 aromatic carbocycles. The summed E-state index contributed by atoms with van der Waals surface area (Å²) in [6.45, 7) is 2.49. The molecule has 27 heavy (non-hydrogen) atoms. The second kappa shape index (κ2) is 7.49. The minimum Gasteiger partial charge on any atom is -0.481 e. The number of carbonyl (C=O) groups excluding carboxylic acids is 2. The SMILES string of the molecule is Cc1cc(OC2CCN(C)C2=O)ccc1NC(=O)c1cccc(C(=O)O)c1. The quantitative estimate of drug-likeness (QED) is 0.846. The first-order chi connectivity index (χ1) is 12.8. The van der Waals surface area contributed by atoms with Gasteiger partial charge in [0.2, 0.25) is 0 Å². The molecule has 140 valence electrons. The molecular formula is C20H20N2O5. The maximum absolute atomic E-state index is 12.4. The van der Waals surface area contributed by atoms with Crippen molar-refractivity contribution in [3.05, 3.63) is 59.2 Å². The number of benzene rings is 2. The van der Waals surface area contributed by atoms with Gasteiger partial charge in [-0.05, 0) is 48.9 Å². The molecular weight excluding hydrogens is 348 g/mol. The second-order valence-corrected chi connectivity index (χ2v) is 6.47. The lowest BCUT2D eigenvalue weighted by Gasteiger charge is -2.15. The highest BCUT2D eigenvalue weighted by Gasteiger charge is 2.30. The van der Waals surface area contributed by atoms with Crippen LogP contribution in [0.5, 0.6) is 5.75 Å². The van der Waals surface area contributed by atoms with E-state index in [0.717, 1.165) is 5.56 Å². The second-order valence-electron chi connectivity index (χ2n) is 6.47. The molecule has 2 amide bonds. The lowest BCUT2D eigenvalue weighted by molar-refractivity contribution is -0.132. The summed E-state index contributed by atoms with van der Waals surface area (Å²) in [5, 5.41) is 11.8. The summed E-state index contributed by atoms with van der Waals surface area (Å²) in [5.74, 6) is -0.965. The van der Waals surface area contributed by atoms with Crippen LogP contribution < -0.4 is 10.1 Å². The third-order valence-electron chi connectivity index (χ3n) is 4.47. The molecule has 0 radical (unpaired) electrons. The van der Waals surface area contributed by atoms with Gasteiger partial charge in [-0.15, -0.1) is 0 Å². The molecule has 1 fully saturated rings. The van der Waals surface area contributed by atoms with Crippen LogP contribution in [0.15, 0.2) is 42.5 Å². The Balaban J connectivity index is 1.71. The van der Waals surface area contributed by atoms with Crippen LogP contribution in [0, 0.1) is 6.92 Å². The van der Waals surface area contributed by atoms with E-state index in [1.165, 1.54) is 18.2 Å². The third-order valence-corrected chi connectivity index (χ3v) is 4.47. The predicted octanol–water partition coefficient (Wildman–Crippen LogP) is 2.56. The number of amides is 2. The third kappa shape index (κ3) is 4.08. The molecule has 1 heterocycles. The first-order valence-corrected chi connectivity index (χ1v) is 8.52. The van der Waals surface area contributed by atoms with Gasteiger partial charge in [0.25, 0.3) is 11.8 Å². The van der Waals surface area contributed by atoms with E-state index in [2.05, 4.69) is 5.32 Å². The highest BCUT2D eigenvalue weighted by Crippen LogP contribution is 2.25. The first kappa shape index (κ1) is 18.4. The van der Waals surface area contributed by atoms with Crippen molar-refractivity contribution in [3.8, 4) is 5.75 Å². The predicted molar refractivity (Wildman–Crippen MR) is 99.2 cm³/mol. The zero-order chi connectivity index (χ0) is 19.6. The number of aromatic carboxylic acids is 1. The van der Waals surface area contributed by atoms with Crippen molar-refractivity contribution >= 4 is 23.5 Å². The lowest BCUT2D eigenvalue weighted by atomic mass is 10.1. The van der Waals surface area contributed by atoms with Crippen LogP contribution in [0.2, 0.25) is 0 Å². The Bertz CT molecular complexity index is 909. The molecule has 1 saturated heterocycles. The number of hydrogen-bond donors (Lipinski definition) is 2. The van der Waals surface area contributed by atoms with E-state index in [4.69, 9.17) is 9.84 Å². The van der Waals surface area contributed by atoms with Crippen LogP contribution in [0.4, 0.5) is 5.69 Å². The number of ether oxygens (including phenoxy) is 1. The number of carboxylic acid groups (broad SMARTS) is 1. The highest BCUT2D eigenvalue weighted by molar-refractivity contribution is 6.05. The standard InChI is InChI=1S/C20H20N2O5/c1-12-10-15(27-17-8-9-22(2)19(17)24)6-7-16(12)21-18(23)13-4-3-5-14(11-13)20(25)26/h3-7,10-11,17H,8-9H2,1-2H3,(H,21,23)(H,25,26). The van der Waals surface area contributed by atoms with E-state index in [-0.39, 0.29) is 17.0 Å². The van der Waals surface area contributed by atoms with E-state index >= 15 is 0 Å². The molecule has 2 aromatic rings. The Labute approximate surface area is 156 Å². The molecule has 7 nitrogen and oxygen atoms in total. The Morgan fingerprint density at radius 1 is 1.19 bits per heavy atom. The fourth-order valence-corrected chi connectivity index (χ4v) is 2.90. The summed E-state index contributed by atoms with van der Waals surface area (Å²) < 4.78 is 5.76. The van der Waals surface area contributed by atoms with Gasteiger partial charge in [-0.2, -0.15) is 0 Å². The zero-order valence-corrected chi connectivity index (χ0v) is 15.1. The number of anilines is 1. The maximum atomic E-state index is 12.4. The van der Waals surface area contributed by atoms with Gasteiger partial charge < -0.3 is 20.1 Å². The van der Waals surface area contributed by atoms with Crippen LogP contribution in [-0.4, -0.2) is 47.5 Å². The molecule has 1 aliphatic rings. The molecule has 1 atom stereocenters. The number of likely N-dealkylation sites (tertiary alicyclic amines) is 1. The molecule has 0 aliphatic carbocycles. The summed E-state index contributed by atoms with van der Waals surface area (Å²) in [6.07, 6.45) is 0.167. The largest absolute Gasteiger partial charge is 0.481 e. The van der Waals surface area contributed by atoms with Gasteiger partial charge >= 0.3 is 5.97 Å². The van der Waals surface area contributed by atoms with E-state index in [1.807, 2.05) is 6.92 Å². The number of nitrogens with zero attached hydrogens (tertiary/aromatic N) is 1. The number of nitrogens with one attached hydrogen (secondary N) is 1. The molecule has 0 saturated carbocycles. The fraction of sp³-hybridized carbons (Fsp3) is 0.250. The molecule has 7 heteroatoms. The van der Waals surface area contributed by atoms with Gasteiger partial charge in [-0.1, -0.05) is 6.07 Å². The molecule has 1 unspecified atom stereocenters. The van der Waals surface area contributed by atoms with Crippen LogP contribution in [-0.2, 0) is 4.79 Å². The summed E-state index contributed by atoms with van der Waals surface area (Å²) in [4.78, 5) is 37.0. The van der Waals surface area contributed by atoms with Crippen LogP contribution in [0.3, 0.4) is 0 Å². The van der Waals surface area contributed by atoms with Crippen molar-refractivity contribution in [2.75, 3.05) is 18.9 Å². The van der Waals surface area contributed by atoms with Crippen LogP contribution >= 0.6 is 0 Å². The van der Waals surface area contributed by atoms with Gasteiger partial charge in [-0.3, -0.25) is 9.59 Å². The molecule has 1 aliphatic heterocycles. The zero-order valence-electron chi connectivity index (χ0n) is 15.1. The number of likely N-dealkylation sites (N-methyl/N-ethyl adjacent to an activating group) is 1. The van der Waals surface area contributed by atoms with Crippen LogP contribution in [0.25, 0.3) is 0 Å². The minimum atomic E-state index is -1.09. The minimum absolute atomic E-state index is 0.0386. The van der Waals surface area contributed by atoms with Gasteiger partial charge in [0.15, 0.2) is 6.10 Å². The van der Waals surface area contributed by atoms with Gasteiger partial charge in [0.1, 0.15) is 5.75 Å². The van der Waals surface area contributed by atoms with Crippen molar-refractivity contribution in [3.63, 3.8) is 0 Å². The summed E-state index contributed by atoms with van der Waals surface area (Å²) in [7, 11) is 1.74. The van der Waals surface area contributed by atoms with Crippen molar-refractivity contribution in [1.29, 1.82) is 0 Å². The molecule has 2 N–H and O–H groups in total. The average Bonchev–Trinajstić information content (AvgIpc) is 2.96. The number of aryl methyl sites for hydroxylation is 1.